The lowest BCUT2D eigenvalue weighted by Gasteiger charge is -2.28. The standard InChI is InChI=1S/C14H21BrN2/c1-11(13-5-3-2-4-6-13)17-9-12-7-14(15)10-16-8-12/h7-8,10-11,13,17H,2-6,9H2,1H3/t11-/m1/s1. The molecule has 94 valence electrons. The Labute approximate surface area is 112 Å². The predicted octanol–water partition coefficient (Wildman–Crippen LogP) is 3.90. The van der Waals surface area contributed by atoms with Crippen LogP contribution in [0.2, 0.25) is 0 Å². The Balaban J connectivity index is 1.80. The normalized spacial score (nSPS) is 19.2. The van der Waals surface area contributed by atoms with Crippen LogP contribution >= 0.6 is 15.9 Å². The third kappa shape index (κ3) is 4.07. The first-order valence-corrected chi connectivity index (χ1v) is 7.38. The summed E-state index contributed by atoms with van der Waals surface area (Å²) < 4.78 is 1.06. The summed E-state index contributed by atoms with van der Waals surface area (Å²) in [5, 5.41) is 3.64. The highest BCUT2D eigenvalue weighted by atomic mass is 79.9. The van der Waals surface area contributed by atoms with Crippen LogP contribution in [0.25, 0.3) is 0 Å². The molecule has 0 amide bonds. The van der Waals surface area contributed by atoms with E-state index in [-0.39, 0.29) is 0 Å². The number of nitrogens with zero attached hydrogens (tertiary/aromatic N) is 1. The lowest BCUT2D eigenvalue weighted by Crippen LogP contribution is -2.34. The number of aromatic nitrogens is 1. The average Bonchev–Trinajstić information content (AvgIpc) is 2.37. The van der Waals surface area contributed by atoms with Crippen LogP contribution in [-0.2, 0) is 6.54 Å². The van der Waals surface area contributed by atoms with Gasteiger partial charge in [-0.1, -0.05) is 19.3 Å². The van der Waals surface area contributed by atoms with Crippen molar-refractivity contribution in [3.05, 3.63) is 28.5 Å². The predicted molar refractivity (Wildman–Crippen MR) is 74.8 cm³/mol. The van der Waals surface area contributed by atoms with Crippen molar-refractivity contribution in [3.8, 4) is 0 Å². The zero-order chi connectivity index (χ0) is 12.1. The van der Waals surface area contributed by atoms with Crippen molar-refractivity contribution in [1.29, 1.82) is 0 Å². The van der Waals surface area contributed by atoms with Crippen molar-refractivity contribution in [3.63, 3.8) is 0 Å². The minimum absolute atomic E-state index is 0.620. The maximum Gasteiger partial charge on any atom is 0.0410 e. The lowest BCUT2D eigenvalue weighted by molar-refractivity contribution is 0.280. The first-order valence-electron chi connectivity index (χ1n) is 6.58. The number of pyridine rings is 1. The van der Waals surface area contributed by atoms with Gasteiger partial charge in [0.25, 0.3) is 0 Å². The van der Waals surface area contributed by atoms with E-state index in [1.165, 1.54) is 37.7 Å². The second-order valence-corrected chi connectivity index (χ2v) is 5.99. The van der Waals surface area contributed by atoms with Gasteiger partial charge in [-0.25, -0.2) is 0 Å². The summed E-state index contributed by atoms with van der Waals surface area (Å²) in [6.45, 7) is 3.24. The van der Waals surface area contributed by atoms with Gasteiger partial charge in [0.05, 0.1) is 0 Å². The second kappa shape index (κ2) is 6.50. The molecule has 0 aromatic carbocycles. The van der Waals surface area contributed by atoms with Crippen LogP contribution in [0.1, 0.15) is 44.6 Å². The molecular formula is C14H21BrN2. The van der Waals surface area contributed by atoms with Gasteiger partial charge in [0.15, 0.2) is 0 Å². The molecule has 1 atom stereocenters. The van der Waals surface area contributed by atoms with Crippen LogP contribution in [0.5, 0.6) is 0 Å². The van der Waals surface area contributed by atoms with Gasteiger partial charge in [0, 0.05) is 29.5 Å². The first kappa shape index (κ1) is 13.0. The molecule has 1 aromatic heterocycles. The maximum absolute atomic E-state index is 4.19. The monoisotopic (exact) mass is 296 g/mol. The van der Waals surface area contributed by atoms with E-state index in [4.69, 9.17) is 0 Å². The van der Waals surface area contributed by atoms with Gasteiger partial charge in [0.1, 0.15) is 0 Å². The fraction of sp³-hybridized carbons (Fsp3) is 0.643. The van der Waals surface area contributed by atoms with Crippen molar-refractivity contribution >= 4 is 15.9 Å². The number of hydrogen-bond acceptors (Lipinski definition) is 2. The van der Waals surface area contributed by atoms with Gasteiger partial charge in [-0.2, -0.15) is 0 Å². The van der Waals surface area contributed by atoms with E-state index in [2.05, 4.69) is 39.2 Å². The van der Waals surface area contributed by atoms with E-state index in [0.29, 0.717) is 6.04 Å². The SMILES string of the molecule is C[C@@H](NCc1cncc(Br)c1)C1CCCCC1. The molecule has 0 saturated heterocycles. The van der Waals surface area contributed by atoms with Crippen molar-refractivity contribution < 1.29 is 0 Å². The zero-order valence-corrected chi connectivity index (χ0v) is 12.0. The van der Waals surface area contributed by atoms with Gasteiger partial charge < -0.3 is 5.32 Å². The first-order chi connectivity index (χ1) is 8.25. The fourth-order valence-corrected chi connectivity index (χ4v) is 3.04. The Bertz CT molecular complexity index is 348. The lowest BCUT2D eigenvalue weighted by atomic mass is 9.84. The Morgan fingerprint density at radius 3 is 2.82 bits per heavy atom. The summed E-state index contributed by atoms with van der Waals surface area (Å²) in [7, 11) is 0. The largest absolute Gasteiger partial charge is 0.310 e. The second-order valence-electron chi connectivity index (χ2n) is 5.08. The molecule has 1 aromatic rings. The maximum atomic E-state index is 4.19. The molecular weight excluding hydrogens is 276 g/mol. The number of hydrogen-bond donors (Lipinski definition) is 1. The zero-order valence-electron chi connectivity index (χ0n) is 10.5. The number of rotatable bonds is 4. The van der Waals surface area contributed by atoms with Crippen LogP contribution in [0.3, 0.4) is 0 Å². The summed E-state index contributed by atoms with van der Waals surface area (Å²) in [6, 6.07) is 2.75. The van der Waals surface area contributed by atoms with Gasteiger partial charge in [-0.05, 0) is 53.2 Å². The van der Waals surface area contributed by atoms with Gasteiger partial charge in [0.2, 0.25) is 0 Å². The third-order valence-electron chi connectivity index (χ3n) is 3.75. The summed E-state index contributed by atoms with van der Waals surface area (Å²) in [5.74, 6) is 0.865. The summed E-state index contributed by atoms with van der Waals surface area (Å²) in [5.41, 5.74) is 1.25. The van der Waals surface area contributed by atoms with Crippen molar-refractivity contribution in [1.82, 2.24) is 10.3 Å². The molecule has 0 bridgehead atoms. The van der Waals surface area contributed by atoms with Crippen LogP contribution in [-0.4, -0.2) is 11.0 Å². The molecule has 3 heteroatoms. The van der Waals surface area contributed by atoms with Gasteiger partial charge in [-0.15, -0.1) is 0 Å². The van der Waals surface area contributed by atoms with E-state index in [1.54, 1.807) is 0 Å². The van der Waals surface area contributed by atoms with Gasteiger partial charge >= 0.3 is 0 Å². The molecule has 0 radical (unpaired) electrons. The minimum atomic E-state index is 0.620. The van der Waals surface area contributed by atoms with Crippen LogP contribution < -0.4 is 5.32 Å². The Morgan fingerprint density at radius 1 is 1.35 bits per heavy atom. The molecule has 2 rings (SSSR count). The highest BCUT2D eigenvalue weighted by Gasteiger charge is 2.19. The molecule has 1 aliphatic carbocycles. The molecule has 0 aliphatic heterocycles. The summed E-state index contributed by atoms with van der Waals surface area (Å²) >= 11 is 3.46. The van der Waals surface area contributed by atoms with Crippen molar-refractivity contribution in [2.75, 3.05) is 0 Å². The molecule has 1 N–H and O–H groups in total. The third-order valence-corrected chi connectivity index (χ3v) is 4.18. The van der Waals surface area contributed by atoms with Crippen LogP contribution in [0.4, 0.5) is 0 Å². The smallest absolute Gasteiger partial charge is 0.0410 e. The molecule has 0 unspecified atom stereocenters. The Morgan fingerprint density at radius 2 is 2.12 bits per heavy atom. The van der Waals surface area contributed by atoms with Gasteiger partial charge in [-0.3, -0.25) is 4.98 Å². The molecule has 1 aliphatic rings. The molecule has 17 heavy (non-hydrogen) atoms. The highest BCUT2D eigenvalue weighted by Crippen LogP contribution is 2.26. The molecule has 1 saturated carbocycles. The molecule has 2 nitrogen and oxygen atoms in total. The van der Waals surface area contributed by atoms with E-state index in [9.17, 15) is 0 Å². The molecule has 0 spiro atoms. The number of halogens is 1. The van der Waals surface area contributed by atoms with Crippen LogP contribution in [0, 0.1) is 5.92 Å². The van der Waals surface area contributed by atoms with E-state index < -0.39 is 0 Å². The summed E-state index contributed by atoms with van der Waals surface area (Å²) in [6.07, 6.45) is 10.8. The fourth-order valence-electron chi connectivity index (χ4n) is 2.63. The molecule has 1 fully saturated rings. The molecule has 1 heterocycles. The number of nitrogens with one attached hydrogen (secondary N) is 1. The Hall–Kier alpha value is -0.410. The average molecular weight is 297 g/mol. The Kier molecular flexibility index (Phi) is 4.99. The minimum Gasteiger partial charge on any atom is -0.310 e. The quantitative estimate of drug-likeness (QED) is 0.911. The van der Waals surface area contributed by atoms with Crippen molar-refractivity contribution in [2.24, 2.45) is 5.92 Å². The highest BCUT2D eigenvalue weighted by molar-refractivity contribution is 9.10. The van der Waals surface area contributed by atoms with E-state index in [1.807, 2.05) is 12.4 Å². The van der Waals surface area contributed by atoms with E-state index in [0.717, 1.165) is 16.9 Å². The van der Waals surface area contributed by atoms with Crippen LogP contribution in [0.15, 0.2) is 22.9 Å². The summed E-state index contributed by atoms with van der Waals surface area (Å²) in [4.78, 5) is 4.19. The van der Waals surface area contributed by atoms with Crippen molar-refractivity contribution in [2.45, 2.75) is 51.6 Å². The topological polar surface area (TPSA) is 24.9 Å². The van der Waals surface area contributed by atoms with E-state index >= 15 is 0 Å².